The Kier molecular flexibility index (Phi) is 2.84. The average Bonchev–Trinajstić information content (AvgIpc) is 2.39. The maximum Gasteiger partial charge on any atom is 0.293 e. The molecule has 0 bridgehead atoms. The fraction of sp³-hybridized carbons (Fsp3) is 0.625. The highest BCUT2D eigenvalue weighted by Crippen LogP contribution is 2.55. The van der Waals surface area contributed by atoms with Gasteiger partial charge in [-0.1, -0.05) is 31.5 Å². The van der Waals surface area contributed by atoms with Gasteiger partial charge >= 0.3 is 0 Å². The molecule has 0 aromatic carbocycles. The number of rotatable bonds is 3. The first-order chi connectivity index (χ1) is 5.50. The van der Waals surface area contributed by atoms with Crippen LogP contribution in [-0.2, 0) is 9.53 Å². The Hall–Kier alpha value is -0.0200. The molecule has 2 nitrogen and oxygen atoms in total. The Morgan fingerprint density at radius 2 is 2.25 bits per heavy atom. The molecule has 1 fully saturated rings. The van der Waals surface area contributed by atoms with E-state index in [0.29, 0.717) is 10.4 Å². The van der Waals surface area contributed by atoms with Gasteiger partial charge in [-0.05, 0) is 15.9 Å². The SMILES string of the molecule is CC1(C)C(C=C(Cl)Br)C1OC=O. The van der Waals surface area contributed by atoms with E-state index in [1.807, 2.05) is 19.9 Å². The summed E-state index contributed by atoms with van der Waals surface area (Å²) in [5.41, 5.74) is 0.0226. The third-order valence-electron chi connectivity index (χ3n) is 2.32. The van der Waals surface area contributed by atoms with Gasteiger partial charge in [-0.3, -0.25) is 4.79 Å². The summed E-state index contributed by atoms with van der Waals surface area (Å²) >= 11 is 8.77. The predicted molar refractivity (Wildman–Crippen MR) is 51.1 cm³/mol. The molecule has 0 spiro atoms. The fourth-order valence-electron chi connectivity index (χ4n) is 1.39. The topological polar surface area (TPSA) is 26.3 Å². The molecule has 4 heteroatoms. The van der Waals surface area contributed by atoms with Gasteiger partial charge in [0.15, 0.2) is 0 Å². The summed E-state index contributed by atoms with van der Waals surface area (Å²) in [5.74, 6) is 0.231. The van der Waals surface area contributed by atoms with Crippen molar-refractivity contribution in [2.24, 2.45) is 11.3 Å². The molecule has 0 saturated heterocycles. The van der Waals surface area contributed by atoms with E-state index >= 15 is 0 Å². The molecule has 0 amide bonds. The molecule has 2 unspecified atom stereocenters. The number of hydrogen-bond acceptors (Lipinski definition) is 2. The third-order valence-corrected chi connectivity index (χ3v) is 2.71. The van der Waals surface area contributed by atoms with Crippen molar-refractivity contribution in [3.8, 4) is 0 Å². The second kappa shape index (κ2) is 3.38. The Morgan fingerprint density at radius 1 is 1.67 bits per heavy atom. The van der Waals surface area contributed by atoms with Crippen LogP contribution in [0.25, 0.3) is 0 Å². The highest BCUT2D eigenvalue weighted by Gasteiger charge is 2.59. The summed E-state index contributed by atoms with van der Waals surface area (Å²) in [6, 6.07) is 0. The number of hydrogen-bond donors (Lipinski definition) is 0. The molecular weight excluding hydrogens is 243 g/mol. The van der Waals surface area contributed by atoms with Crippen molar-refractivity contribution in [1.82, 2.24) is 0 Å². The molecule has 0 aliphatic heterocycles. The second-order valence-electron chi connectivity index (χ2n) is 3.46. The molecule has 0 N–H and O–H groups in total. The minimum absolute atomic E-state index is 0.0226. The molecule has 0 aromatic rings. The lowest BCUT2D eigenvalue weighted by Gasteiger charge is -1.97. The van der Waals surface area contributed by atoms with Gasteiger partial charge in [-0.15, -0.1) is 0 Å². The predicted octanol–water partition coefficient (Wildman–Crippen LogP) is 2.66. The second-order valence-corrected chi connectivity index (χ2v) is 5.17. The third kappa shape index (κ3) is 1.83. The molecule has 1 aliphatic carbocycles. The summed E-state index contributed by atoms with van der Waals surface area (Å²) in [6.07, 6.45) is 1.83. The Balaban J connectivity index is 2.60. The van der Waals surface area contributed by atoms with Crippen LogP contribution in [0.4, 0.5) is 0 Å². The lowest BCUT2D eigenvalue weighted by molar-refractivity contribution is -0.130. The van der Waals surface area contributed by atoms with E-state index in [0.717, 1.165) is 0 Å². The van der Waals surface area contributed by atoms with Crippen molar-refractivity contribution in [2.45, 2.75) is 20.0 Å². The van der Waals surface area contributed by atoms with Gasteiger partial charge in [0.25, 0.3) is 6.47 Å². The number of ether oxygens (including phenoxy) is 1. The Labute approximate surface area is 85.0 Å². The highest BCUT2D eigenvalue weighted by molar-refractivity contribution is 9.12. The molecule has 0 heterocycles. The van der Waals surface area contributed by atoms with Gasteiger partial charge in [-0.25, -0.2) is 0 Å². The minimum Gasteiger partial charge on any atom is -0.463 e. The lowest BCUT2D eigenvalue weighted by Crippen LogP contribution is -1.98. The van der Waals surface area contributed by atoms with E-state index in [1.54, 1.807) is 0 Å². The zero-order valence-corrected chi connectivity index (χ0v) is 9.22. The molecular formula is C8H10BrClO2. The fourth-order valence-corrected chi connectivity index (χ4v) is 1.81. The van der Waals surface area contributed by atoms with E-state index in [2.05, 4.69) is 15.9 Å². The smallest absolute Gasteiger partial charge is 0.293 e. The van der Waals surface area contributed by atoms with E-state index in [1.165, 1.54) is 0 Å². The van der Waals surface area contributed by atoms with Crippen molar-refractivity contribution in [1.29, 1.82) is 0 Å². The molecule has 1 aliphatic rings. The average molecular weight is 254 g/mol. The highest BCUT2D eigenvalue weighted by atomic mass is 79.9. The van der Waals surface area contributed by atoms with Crippen LogP contribution < -0.4 is 0 Å². The van der Waals surface area contributed by atoms with Gasteiger partial charge in [0.05, 0.1) is 3.94 Å². The number of carbonyl (C=O) groups is 1. The molecule has 0 aromatic heterocycles. The number of carbonyl (C=O) groups excluding carboxylic acids is 1. The first kappa shape index (κ1) is 10.1. The zero-order chi connectivity index (χ0) is 9.35. The first-order valence-electron chi connectivity index (χ1n) is 3.62. The number of halogens is 2. The van der Waals surface area contributed by atoms with Crippen molar-refractivity contribution in [3.63, 3.8) is 0 Å². The van der Waals surface area contributed by atoms with Gasteiger partial charge in [0.1, 0.15) is 6.10 Å². The van der Waals surface area contributed by atoms with E-state index in [-0.39, 0.29) is 17.4 Å². The largest absolute Gasteiger partial charge is 0.463 e. The summed E-state index contributed by atoms with van der Waals surface area (Å²) in [6.45, 7) is 4.56. The van der Waals surface area contributed by atoms with Crippen LogP contribution in [0.1, 0.15) is 13.8 Å². The van der Waals surface area contributed by atoms with Gasteiger partial charge in [-0.2, -0.15) is 0 Å². The maximum atomic E-state index is 10.1. The molecule has 0 radical (unpaired) electrons. The van der Waals surface area contributed by atoms with Crippen LogP contribution in [0.15, 0.2) is 10.0 Å². The molecule has 12 heavy (non-hydrogen) atoms. The first-order valence-corrected chi connectivity index (χ1v) is 4.79. The summed E-state index contributed by atoms with van der Waals surface area (Å²) in [5, 5.41) is 0. The van der Waals surface area contributed by atoms with Crippen LogP contribution in [0.2, 0.25) is 0 Å². The normalized spacial score (nSPS) is 32.8. The quantitative estimate of drug-likeness (QED) is 0.723. The minimum atomic E-state index is -0.0266. The molecule has 1 rings (SSSR count). The molecule has 2 atom stereocenters. The van der Waals surface area contributed by atoms with Crippen molar-refractivity contribution < 1.29 is 9.53 Å². The van der Waals surface area contributed by atoms with E-state index in [9.17, 15) is 4.79 Å². The summed E-state index contributed by atoms with van der Waals surface area (Å²) in [4.78, 5) is 10.1. The van der Waals surface area contributed by atoms with E-state index in [4.69, 9.17) is 16.3 Å². The van der Waals surface area contributed by atoms with Crippen molar-refractivity contribution in [2.75, 3.05) is 0 Å². The van der Waals surface area contributed by atoms with E-state index < -0.39 is 0 Å². The molecule has 68 valence electrons. The van der Waals surface area contributed by atoms with Gasteiger partial charge in [0, 0.05) is 11.3 Å². The Morgan fingerprint density at radius 3 is 2.67 bits per heavy atom. The lowest BCUT2D eigenvalue weighted by atomic mass is 10.1. The maximum absolute atomic E-state index is 10.1. The summed E-state index contributed by atoms with van der Waals surface area (Å²) < 4.78 is 5.44. The zero-order valence-electron chi connectivity index (χ0n) is 6.88. The van der Waals surface area contributed by atoms with Gasteiger partial charge < -0.3 is 4.74 Å². The van der Waals surface area contributed by atoms with Crippen LogP contribution in [0, 0.1) is 11.3 Å². The summed E-state index contributed by atoms with van der Waals surface area (Å²) in [7, 11) is 0. The van der Waals surface area contributed by atoms with Crippen LogP contribution in [0.5, 0.6) is 0 Å². The standard InChI is InChI=1S/C8H10BrClO2/c1-8(2)5(3-6(9)10)7(8)12-4-11/h3-5,7H,1-2H3. The Bertz CT molecular complexity index is 221. The monoisotopic (exact) mass is 252 g/mol. The van der Waals surface area contributed by atoms with Gasteiger partial charge in [0.2, 0.25) is 0 Å². The van der Waals surface area contributed by atoms with Crippen LogP contribution >= 0.6 is 27.5 Å². The van der Waals surface area contributed by atoms with Crippen LogP contribution in [0.3, 0.4) is 0 Å². The molecule has 1 saturated carbocycles. The van der Waals surface area contributed by atoms with Crippen molar-refractivity contribution in [3.05, 3.63) is 10.0 Å². The van der Waals surface area contributed by atoms with Crippen molar-refractivity contribution >= 4 is 34.0 Å². The van der Waals surface area contributed by atoms with Crippen LogP contribution in [-0.4, -0.2) is 12.6 Å².